The highest BCUT2D eigenvalue weighted by Crippen LogP contribution is 2.28. The Balaban J connectivity index is 1.83. The van der Waals surface area contributed by atoms with Crippen molar-refractivity contribution in [1.29, 1.82) is 0 Å². The second kappa shape index (κ2) is 9.02. The first-order valence-electron chi connectivity index (χ1n) is 10.6. The Hall–Kier alpha value is -3.35. The van der Waals surface area contributed by atoms with Crippen LogP contribution in [0.15, 0.2) is 48.5 Å². The van der Waals surface area contributed by atoms with Gasteiger partial charge in [-0.1, -0.05) is 45.0 Å². The van der Waals surface area contributed by atoms with Crippen molar-refractivity contribution < 1.29 is 19.1 Å². The SMILES string of the molecule is COc1ccc(C(NC(=O)C2(C)CNC(=O)C2)C(=O)Nc2ccc(C(C)(C)C)cc2)cc1. The second-order valence-electron chi connectivity index (χ2n) is 9.51. The molecule has 1 saturated heterocycles. The van der Waals surface area contributed by atoms with Crippen LogP contribution in [-0.2, 0) is 19.8 Å². The van der Waals surface area contributed by atoms with Gasteiger partial charge in [-0.3, -0.25) is 14.4 Å². The highest BCUT2D eigenvalue weighted by molar-refractivity contribution is 6.00. The number of benzene rings is 2. The van der Waals surface area contributed by atoms with E-state index in [1.165, 1.54) is 0 Å². The Morgan fingerprint density at radius 2 is 1.69 bits per heavy atom. The number of carbonyl (C=O) groups is 3. The lowest BCUT2D eigenvalue weighted by Gasteiger charge is -2.26. The summed E-state index contributed by atoms with van der Waals surface area (Å²) in [6, 6.07) is 13.7. The van der Waals surface area contributed by atoms with Crippen LogP contribution in [0.2, 0.25) is 0 Å². The maximum Gasteiger partial charge on any atom is 0.251 e. The molecule has 3 N–H and O–H groups in total. The molecular formula is C25H31N3O4. The third-order valence-corrected chi connectivity index (χ3v) is 5.78. The van der Waals surface area contributed by atoms with Crippen LogP contribution in [0.5, 0.6) is 5.75 Å². The summed E-state index contributed by atoms with van der Waals surface area (Å²) >= 11 is 0. The van der Waals surface area contributed by atoms with E-state index < -0.39 is 11.5 Å². The summed E-state index contributed by atoms with van der Waals surface area (Å²) in [6.07, 6.45) is 0.0874. The predicted octanol–water partition coefficient (Wildman–Crippen LogP) is 3.31. The number of hydrogen-bond acceptors (Lipinski definition) is 4. The molecule has 0 radical (unpaired) electrons. The van der Waals surface area contributed by atoms with E-state index in [4.69, 9.17) is 4.74 Å². The van der Waals surface area contributed by atoms with E-state index in [0.29, 0.717) is 17.0 Å². The lowest BCUT2D eigenvalue weighted by molar-refractivity contribution is -0.133. The number of amides is 3. The zero-order chi connectivity index (χ0) is 23.5. The topological polar surface area (TPSA) is 96.5 Å². The van der Waals surface area contributed by atoms with Gasteiger partial charge in [0.15, 0.2) is 0 Å². The summed E-state index contributed by atoms with van der Waals surface area (Å²) in [5.74, 6) is -0.246. The van der Waals surface area contributed by atoms with Crippen molar-refractivity contribution in [3.63, 3.8) is 0 Å². The van der Waals surface area contributed by atoms with Crippen LogP contribution in [0.4, 0.5) is 5.69 Å². The molecule has 7 heteroatoms. The van der Waals surface area contributed by atoms with Crippen molar-refractivity contribution in [1.82, 2.24) is 10.6 Å². The van der Waals surface area contributed by atoms with Crippen molar-refractivity contribution in [3.8, 4) is 5.75 Å². The third kappa shape index (κ3) is 5.28. The van der Waals surface area contributed by atoms with Gasteiger partial charge in [0.2, 0.25) is 11.8 Å². The zero-order valence-electron chi connectivity index (χ0n) is 19.2. The fraction of sp³-hybridized carbons (Fsp3) is 0.400. The summed E-state index contributed by atoms with van der Waals surface area (Å²) in [7, 11) is 1.56. The molecule has 2 aromatic carbocycles. The van der Waals surface area contributed by atoms with E-state index in [-0.39, 0.29) is 36.1 Å². The van der Waals surface area contributed by atoms with Crippen molar-refractivity contribution in [2.24, 2.45) is 5.41 Å². The van der Waals surface area contributed by atoms with Crippen molar-refractivity contribution >= 4 is 23.4 Å². The number of anilines is 1. The molecule has 0 aliphatic carbocycles. The maximum absolute atomic E-state index is 13.2. The monoisotopic (exact) mass is 437 g/mol. The number of methoxy groups -OCH3 is 1. The van der Waals surface area contributed by atoms with Gasteiger partial charge < -0.3 is 20.7 Å². The molecule has 1 heterocycles. The van der Waals surface area contributed by atoms with E-state index in [9.17, 15) is 14.4 Å². The van der Waals surface area contributed by atoms with Gasteiger partial charge in [0.25, 0.3) is 5.91 Å². The Morgan fingerprint density at radius 1 is 1.06 bits per heavy atom. The molecule has 0 aromatic heterocycles. The normalized spacial score (nSPS) is 19.1. The van der Waals surface area contributed by atoms with E-state index in [1.807, 2.05) is 24.3 Å². The molecule has 3 rings (SSSR count). The molecule has 32 heavy (non-hydrogen) atoms. The molecule has 0 bridgehead atoms. The Labute approximate surface area is 188 Å². The molecule has 2 atom stereocenters. The van der Waals surface area contributed by atoms with Crippen LogP contribution in [0, 0.1) is 5.41 Å². The minimum absolute atomic E-state index is 0.00431. The van der Waals surface area contributed by atoms with Crippen molar-refractivity contribution in [2.75, 3.05) is 19.0 Å². The van der Waals surface area contributed by atoms with Gasteiger partial charge in [0, 0.05) is 18.7 Å². The third-order valence-electron chi connectivity index (χ3n) is 5.78. The summed E-state index contributed by atoms with van der Waals surface area (Å²) in [4.78, 5) is 37.9. The van der Waals surface area contributed by atoms with Crippen LogP contribution in [0.25, 0.3) is 0 Å². The van der Waals surface area contributed by atoms with Gasteiger partial charge in [0.05, 0.1) is 12.5 Å². The van der Waals surface area contributed by atoms with Gasteiger partial charge in [-0.05, 0) is 47.7 Å². The molecule has 3 amide bonds. The molecule has 2 aromatic rings. The summed E-state index contributed by atoms with van der Waals surface area (Å²) in [5.41, 5.74) is 1.51. The summed E-state index contributed by atoms with van der Waals surface area (Å²) in [5, 5.41) is 8.43. The molecule has 7 nitrogen and oxygen atoms in total. The molecular weight excluding hydrogens is 406 g/mol. The number of carbonyl (C=O) groups excluding carboxylic acids is 3. The summed E-state index contributed by atoms with van der Waals surface area (Å²) < 4.78 is 5.20. The number of ether oxygens (including phenoxy) is 1. The van der Waals surface area contributed by atoms with Crippen LogP contribution in [0.1, 0.15) is 51.3 Å². The van der Waals surface area contributed by atoms with Crippen LogP contribution < -0.4 is 20.7 Å². The molecule has 1 aliphatic rings. The van der Waals surface area contributed by atoms with E-state index in [0.717, 1.165) is 5.56 Å². The van der Waals surface area contributed by atoms with Crippen LogP contribution in [0.3, 0.4) is 0 Å². The quantitative estimate of drug-likeness (QED) is 0.646. The van der Waals surface area contributed by atoms with Crippen molar-refractivity contribution in [3.05, 3.63) is 59.7 Å². The fourth-order valence-corrected chi connectivity index (χ4v) is 3.60. The number of nitrogens with one attached hydrogen (secondary N) is 3. The average molecular weight is 438 g/mol. The Kier molecular flexibility index (Phi) is 6.57. The van der Waals surface area contributed by atoms with E-state index in [1.54, 1.807) is 38.3 Å². The molecule has 0 saturated carbocycles. The first-order chi connectivity index (χ1) is 15.0. The minimum Gasteiger partial charge on any atom is -0.497 e. The summed E-state index contributed by atoms with van der Waals surface area (Å²) in [6.45, 7) is 8.33. The van der Waals surface area contributed by atoms with Crippen LogP contribution >= 0.6 is 0 Å². The lowest BCUT2D eigenvalue weighted by atomic mass is 9.87. The Morgan fingerprint density at radius 3 is 2.19 bits per heavy atom. The standard InChI is InChI=1S/C25H31N3O4/c1-24(2,3)17-8-10-18(11-9-17)27-22(30)21(16-6-12-19(32-5)13-7-16)28-23(31)25(4)14-20(29)26-15-25/h6-13,21H,14-15H2,1-5H3,(H,26,29)(H,27,30)(H,28,31). The van der Waals surface area contributed by atoms with Crippen molar-refractivity contribution in [2.45, 2.75) is 45.6 Å². The lowest BCUT2D eigenvalue weighted by Crippen LogP contribution is -2.45. The zero-order valence-corrected chi connectivity index (χ0v) is 19.2. The first kappa shape index (κ1) is 23.3. The van der Waals surface area contributed by atoms with E-state index in [2.05, 4.69) is 36.7 Å². The minimum atomic E-state index is -0.928. The number of hydrogen-bond donors (Lipinski definition) is 3. The highest BCUT2D eigenvalue weighted by Gasteiger charge is 2.42. The first-order valence-corrected chi connectivity index (χ1v) is 10.6. The average Bonchev–Trinajstić information content (AvgIpc) is 3.11. The molecule has 170 valence electrons. The predicted molar refractivity (Wildman–Crippen MR) is 123 cm³/mol. The van der Waals surface area contributed by atoms with Gasteiger partial charge in [-0.25, -0.2) is 0 Å². The van der Waals surface area contributed by atoms with Gasteiger partial charge in [0.1, 0.15) is 11.8 Å². The molecule has 1 aliphatic heterocycles. The molecule has 2 unspecified atom stereocenters. The number of rotatable bonds is 6. The second-order valence-corrected chi connectivity index (χ2v) is 9.51. The van der Waals surface area contributed by atoms with E-state index >= 15 is 0 Å². The van der Waals surface area contributed by atoms with Crippen LogP contribution in [-0.4, -0.2) is 31.4 Å². The highest BCUT2D eigenvalue weighted by atomic mass is 16.5. The molecule has 1 fully saturated rings. The smallest absolute Gasteiger partial charge is 0.251 e. The molecule has 0 spiro atoms. The Bertz CT molecular complexity index is 993. The maximum atomic E-state index is 13.2. The fourth-order valence-electron chi connectivity index (χ4n) is 3.60. The van der Waals surface area contributed by atoms with Gasteiger partial charge in [-0.2, -0.15) is 0 Å². The van der Waals surface area contributed by atoms with Gasteiger partial charge in [-0.15, -0.1) is 0 Å². The largest absolute Gasteiger partial charge is 0.497 e. The van der Waals surface area contributed by atoms with Gasteiger partial charge >= 0.3 is 0 Å².